The van der Waals surface area contributed by atoms with Crippen LogP contribution in [0.15, 0.2) is 16.9 Å². The van der Waals surface area contributed by atoms with Crippen LogP contribution in [0.3, 0.4) is 0 Å². The summed E-state index contributed by atoms with van der Waals surface area (Å²) in [5, 5.41) is 9.20. The van der Waals surface area contributed by atoms with E-state index in [1.807, 2.05) is 0 Å². The number of carbonyl (C=O) groups excluding carboxylic acids is 1. The van der Waals surface area contributed by atoms with Gasteiger partial charge in [0.25, 0.3) is 11.5 Å². The van der Waals surface area contributed by atoms with E-state index in [2.05, 4.69) is 4.98 Å². The molecule has 1 heterocycles. The van der Waals surface area contributed by atoms with Gasteiger partial charge in [0.2, 0.25) is 0 Å². The fraction of sp³-hybridized carbons (Fsp3) is 0.538. The number of pyridine rings is 1. The van der Waals surface area contributed by atoms with Gasteiger partial charge in [-0.15, -0.1) is 0 Å². The van der Waals surface area contributed by atoms with Crippen LogP contribution in [-0.4, -0.2) is 40.6 Å². The summed E-state index contributed by atoms with van der Waals surface area (Å²) < 4.78 is 0. The molecule has 1 aliphatic rings. The molecule has 1 aromatic rings. The molecule has 0 radical (unpaired) electrons. The van der Waals surface area contributed by atoms with Crippen LogP contribution in [0, 0.1) is 12.8 Å². The lowest BCUT2D eigenvalue weighted by Crippen LogP contribution is -2.40. The lowest BCUT2D eigenvalue weighted by molar-refractivity contribution is 0.0265. The van der Waals surface area contributed by atoms with Crippen molar-refractivity contribution in [1.82, 2.24) is 9.88 Å². The van der Waals surface area contributed by atoms with E-state index in [0.717, 1.165) is 18.5 Å². The van der Waals surface area contributed by atoms with Gasteiger partial charge in [-0.3, -0.25) is 9.59 Å². The molecule has 0 spiro atoms. The third-order valence-corrected chi connectivity index (χ3v) is 3.38. The number of carbonyl (C=O) groups is 1. The lowest BCUT2D eigenvalue weighted by Gasteiger charge is -2.34. The zero-order valence-electron chi connectivity index (χ0n) is 10.6. The molecular weight excluding hydrogens is 232 g/mol. The van der Waals surface area contributed by atoms with E-state index in [1.165, 1.54) is 0 Å². The van der Waals surface area contributed by atoms with E-state index in [1.54, 1.807) is 31.0 Å². The Hall–Kier alpha value is -1.62. The van der Waals surface area contributed by atoms with Crippen molar-refractivity contribution >= 4 is 5.91 Å². The molecule has 1 fully saturated rings. The van der Waals surface area contributed by atoms with Gasteiger partial charge in [0.05, 0.1) is 6.10 Å². The maximum Gasteiger partial charge on any atom is 0.260 e. The summed E-state index contributed by atoms with van der Waals surface area (Å²) in [4.78, 5) is 27.9. The minimum Gasteiger partial charge on any atom is -0.393 e. The quantitative estimate of drug-likeness (QED) is 0.821. The molecule has 1 aromatic heterocycles. The largest absolute Gasteiger partial charge is 0.393 e. The van der Waals surface area contributed by atoms with Crippen molar-refractivity contribution in [2.24, 2.45) is 5.92 Å². The summed E-state index contributed by atoms with van der Waals surface area (Å²) in [6.45, 7) is 2.36. The number of aromatic nitrogens is 1. The molecule has 0 saturated heterocycles. The number of amides is 1. The molecule has 0 aromatic carbocycles. The highest BCUT2D eigenvalue weighted by atomic mass is 16.3. The first-order chi connectivity index (χ1) is 8.47. The number of aliphatic hydroxyl groups is 1. The van der Waals surface area contributed by atoms with Gasteiger partial charge >= 0.3 is 0 Å². The normalized spacial score (nSPS) is 22.4. The summed E-state index contributed by atoms with van der Waals surface area (Å²) in [6, 6.07) is 3.28. The molecular formula is C13H18N2O3. The summed E-state index contributed by atoms with van der Waals surface area (Å²) in [5.41, 5.74) is 0.560. The van der Waals surface area contributed by atoms with Crippen LogP contribution in [0.2, 0.25) is 0 Å². The Morgan fingerprint density at radius 2 is 2.17 bits per heavy atom. The first-order valence-corrected chi connectivity index (χ1v) is 6.11. The van der Waals surface area contributed by atoms with Crippen molar-refractivity contribution in [3.05, 3.63) is 33.7 Å². The van der Waals surface area contributed by atoms with Crippen LogP contribution in [0.1, 0.15) is 28.9 Å². The zero-order chi connectivity index (χ0) is 13.3. The summed E-state index contributed by atoms with van der Waals surface area (Å²) >= 11 is 0. The molecule has 0 unspecified atom stereocenters. The Labute approximate surface area is 105 Å². The van der Waals surface area contributed by atoms with Crippen molar-refractivity contribution in [1.29, 1.82) is 0 Å². The number of hydrogen-bond acceptors (Lipinski definition) is 3. The molecule has 2 N–H and O–H groups in total. The fourth-order valence-electron chi connectivity index (χ4n) is 2.27. The van der Waals surface area contributed by atoms with Gasteiger partial charge in [0.1, 0.15) is 5.56 Å². The number of aromatic amines is 1. The molecule has 5 heteroatoms. The average molecular weight is 250 g/mol. The smallest absolute Gasteiger partial charge is 0.260 e. The van der Waals surface area contributed by atoms with Crippen LogP contribution in [0.4, 0.5) is 0 Å². The SMILES string of the molecule is Cc1ccc(C(=O)N(C)CC2CC(O)C2)c(=O)[nH]1. The van der Waals surface area contributed by atoms with Gasteiger partial charge in [-0.05, 0) is 37.8 Å². The molecule has 18 heavy (non-hydrogen) atoms. The van der Waals surface area contributed by atoms with Crippen molar-refractivity contribution in [3.63, 3.8) is 0 Å². The monoisotopic (exact) mass is 250 g/mol. The second-order valence-electron chi connectivity index (χ2n) is 5.06. The maximum atomic E-state index is 12.1. The molecule has 1 saturated carbocycles. The van der Waals surface area contributed by atoms with Gasteiger partial charge in [0.15, 0.2) is 0 Å². The number of H-pyrrole nitrogens is 1. The summed E-state index contributed by atoms with van der Waals surface area (Å²) in [6.07, 6.45) is 1.25. The van der Waals surface area contributed by atoms with Gasteiger partial charge in [-0.25, -0.2) is 0 Å². The van der Waals surface area contributed by atoms with Crippen LogP contribution >= 0.6 is 0 Å². The Morgan fingerprint density at radius 1 is 1.50 bits per heavy atom. The van der Waals surface area contributed by atoms with E-state index in [-0.39, 0.29) is 23.1 Å². The zero-order valence-corrected chi connectivity index (χ0v) is 10.6. The Balaban J connectivity index is 2.04. The second-order valence-corrected chi connectivity index (χ2v) is 5.06. The standard InChI is InChI=1S/C13H18N2O3/c1-8-3-4-11(12(17)14-8)13(18)15(2)7-9-5-10(16)6-9/h3-4,9-10,16H,5-7H2,1-2H3,(H,14,17). The van der Waals surface area contributed by atoms with Crippen molar-refractivity contribution in [2.75, 3.05) is 13.6 Å². The molecule has 2 rings (SSSR count). The molecule has 0 atom stereocenters. The van der Waals surface area contributed by atoms with E-state index in [9.17, 15) is 14.7 Å². The molecule has 98 valence electrons. The number of nitrogens with one attached hydrogen (secondary N) is 1. The minimum atomic E-state index is -0.347. The van der Waals surface area contributed by atoms with E-state index < -0.39 is 0 Å². The van der Waals surface area contributed by atoms with Crippen LogP contribution in [0.25, 0.3) is 0 Å². The van der Waals surface area contributed by atoms with Crippen LogP contribution < -0.4 is 5.56 Å². The highest BCUT2D eigenvalue weighted by Crippen LogP contribution is 2.27. The van der Waals surface area contributed by atoms with Gasteiger partial charge in [-0.2, -0.15) is 0 Å². The topological polar surface area (TPSA) is 73.4 Å². The highest BCUT2D eigenvalue weighted by molar-refractivity contribution is 5.93. The predicted octanol–water partition coefficient (Wildman–Crippen LogP) is 0.526. The maximum absolute atomic E-state index is 12.1. The van der Waals surface area contributed by atoms with Crippen molar-refractivity contribution < 1.29 is 9.90 Å². The Bertz CT molecular complexity index is 503. The number of aliphatic hydroxyl groups excluding tert-OH is 1. The first kappa shape index (κ1) is 12.8. The lowest BCUT2D eigenvalue weighted by atomic mass is 9.82. The molecule has 1 amide bonds. The molecule has 0 aliphatic heterocycles. The van der Waals surface area contributed by atoms with E-state index >= 15 is 0 Å². The number of hydrogen-bond donors (Lipinski definition) is 2. The van der Waals surface area contributed by atoms with Gasteiger partial charge in [0, 0.05) is 19.3 Å². The molecule has 0 bridgehead atoms. The van der Waals surface area contributed by atoms with Crippen LogP contribution in [0.5, 0.6) is 0 Å². The minimum absolute atomic E-state index is 0.169. The summed E-state index contributed by atoms with van der Waals surface area (Å²) in [7, 11) is 1.69. The number of rotatable bonds is 3. The highest BCUT2D eigenvalue weighted by Gasteiger charge is 2.29. The fourth-order valence-corrected chi connectivity index (χ4v) is 2.27. The molecule has 1 aliphatic carbocycles. The average Bonchev–Trinajstić information content (AvgIpc) is 2.26. The Morgan fingerprint density at radius 3 is 2.72 bits per heavy atom. The third kappa shape index (κ3) is 2.61. The Kier molecular flexibility index (Phi) is 3.52. The summed E-state index contributed by atoms with van der Waals surface area (Å²) in [5.74, 6) is 0.0797. The number of aryl methyl sites for hydroxylation is 1. The second kappa shape index (κ2) is 4.94. The predicted molar refractivity (Wildman–Crippen MR) is 67.5 cm³/mol. The van der Waals surface area contributed by atoms with Crippen molar-refractivity contribution in [2.45, 2.75) is 25.9 Å². The number of nitrogens with zero attached hydrogens (tertiary/aromatic N) is 1. The molecule has 5 nitrogen and oxygen atoms in total. The van der Waals surface area contributed by atoms with Gasteiger partial charge in [-0.1, -0.05) is 0 Å². The van der Waals surface area contributed by atoms with Crippen molar-refractivity contribution in [3.8, 4) is 0 Å². The van der Waals surface area contributed by atoms with Crippen LogP contribution in [-0.2, 0) is 0 Å². The van der Waals surface area contributed by atoms with E-state index in [4.69, 9.17) is 0 Å². The first-order valence-electron chi connectivity index (χ1n) is 6.11. The van der Waals surface area contributed by atoms with E-state index in [0.29, 0.717) is 12.5 Å². The third-order valence-electron chi connectivity index (χ3n) is 3.38. The van der Waals surface area contributed by atoms with Gasteiger partial charge < -0.3 is 15.0 Å².